The number of esters is 1. The highest BCUT2D eigenvalue weighted by Gasteiger charge is 2.29. The summed E-state index contributed by atoms with van der Waals surface area (Å²) in [5.74, 6) is -0.0360. The number of hydrogen-bond donors (Lipinski definition) is 1. The van der Waals surface area contributed by atoms with Crippen LogP contribution in [0.3, 0.4) is 0 Å². The number of nitrogens with one attached hydrogen (secondary N) is 1. The van der Waals surface area contributed by atoms with Crippen molar-refractivity contribution in [2.45, 2.75) is 20.3 Å². The Balaban J connectivity index is 2.03. The summed E-state index contributed by atoms with van der Waals surface area (Å²) in [6.07, 6.45) is 3.65. The van der Waals surface area contributed by atoms with E-state index in [0.717, 1.165) is 0 Å². The maximum absolute atomic E-state index is 11.7. The average Bonchev–Trinajstić information content (AvgIpc) is 2.67. The predicted octanol–water partition coefficient (Wildman–Crippen LogP) is 0.746. The monoisotopic (exact) mass is 236 g/mol. The molecule has 5 nitrogen and oxygen atoms in total. The SMILES string of the molecule is CC(C)COC(=O)C1=CNN2CCC(=O)C2=C1. The van der Waals surface area contributed by atoms with Crippen LogP contribution < -0.4 is 5.43 Å². The first-order chi connectivity index (χ1) is 8.08. The van der Waals surface area contributed by atoms with Crippen LogP contribution in [0.4, 0.5) is 0 Å². The number of allylic oxidation sites excluding steroid dienone is 1. The van der Waals surface area contributed by atoms with E-state index in [0.29, 0.717) is 36.8 Å². The molecular formula is C12H16N2O3. The predicted molar refractivity (Wildman–Crippen MR) is 61.4 cm³/mol. The van der Waals surface area contributed by atoms with Crippen molar-refractivity contribution in [1.82, 2.24) is 10.4 Å². The van der Waals surface area contributed by atoms with E-state index in [9.17, 15) is 9.59 Å². The summed E-state index contributed by atoms with van der Waals surface area (Å²) in [6, 6.07) is 0. The molecular weight excluding hydrogens is 220 g/mol. The summed E-state index contributed by atoms with van der Waals surface area (Å²) in [4.78, 5) is 23.2. The van der Waals surface area contributed by atoms with Crippen molar-refractivity contribution >= 4 is 11.8 Å². The molecule has 1 saturated heterocycles. The number of hydrogen-bond acceptors (Lipinski definition) is 5. The summed E-state index contributed by atoms with van der Waals surface area (Å²) in [5, 5.41) is 1.74. The summed E-state index contributed by atoms with van der Waals surface area (Å²) in [5.41, 5.74) is 3.85. The molecule has 0 spiro atoms. The Morgan fingerprint density at radius 3 is 3.06 bits per heavy atom. The van der Waals surface area contributed by atoms with Crippen LogP contribution in [0.1, 0.15) is 20.3 Å². The minimum absolute atomic E-state index is 0.0553. The molecule has 0 aromatic heterocycles. The number of carbonyl (C=O) groups excluding carboxylic acids is 2. The molecule has 5 heteroatoms. The largest absolute Gasteiger partial charge is 0.462 e. The summed E-state index contributed by atoms with van der Waals surface area (Å²) < 4.78 is 5.11. The van der Waals surface area contributed by atoms with Gasteiger partial charge < -0.3 is 10.2 Å². The summed E-state index contributed by atoms with van der Waals surface area (Å²) in [6.45, 7) is 4.98. The maximum Gasteiger partial charge on any atom is 0.339 e. The van der Waals surface area contributed by atoms with E-state index in [2.05, 4.69) is 5.43 Å². The molecule has 2 aliphatic rings. The Bertz CT molecular complexity index is 410. The maximum atomic E-state index is 11.7. The molecule has 0 unspecified atom stereocenters. The van der Waals surface area contributed by atoms with Crippen LogP contribution in [0, 0.1) is 5.92 Å². The lowest BCUT2D eigenvalue weighted by molar-refractivity contribution is -0.139. The van der Waals surface area contributed by atoms with E-state index in [1.807, 2.05) is 13.8 Å². The van der Waals surface area contributed by atoms with E-state index in [1.54, 1.807) is 17.3 Å². The first kappa shape index (κ1) is 11.7. The second-order valence-electron chi connectivity index (χ2n) is 4.58. The molecule has 0 radical (unpaired) electrons. The van der Waals surface area contributed by atoms with E-state index in [4.69, 9.17) is 4.74 Å². The zero-order valence-electron chi connectivity index (χ0n) is 10.0. The van der Waals surface area contributed by atoms with Gasteiger partial charge in [-0.15, -0.1) is 0 Å². The second kappa shape index (κ2) is 4.61. The average molecular weight is 236 g/mol. The van der Waals surface area contributed by atoms with E-state index >= 15 is 0 Å². The Morgan fingerprint density at radius 1 is 1.59 bits per heavy atom. The van der Waals surface area contributed by atoms with Crippen LogP contribution in [0.25, 0.3) is 0 Å². The Hall–Kier alpha value is -1.78. The summed E-state index contributed by atoms with van der Waals surface area (Å²) >= 11 is 0. The van der Waals surface area contributed by atoms with Gasteiger partial charge in [0.1, 0.15) is 5.70 Å². The highest BCUT2D eigenvalue weighted by molar-refractivity contribution is 6.01. The third kappa shape index (κ3) is 2.49. The van der Waals surface area contributed by atoms with Gasteiger partial charge in [-0.1, -0.05) is 13.8 Å². The van der Waals surface area contributed by atoms with Crippen molar-refractivity contribution in [3.05, 3.63) is 23.5 Å². The van der Waals surface area contributed by atoms with E-state index in [1.165, 1.54) is 0 Å². The van der Waals surface area contributed by atoms with Gasteiger partial charge in [-0.3, -0.25) is 9.80 Å². The molecule has 0 aliphatic carbocycles. The first-order valence-electron chi connectivity index (χ1n) is 5.74. The van der Waals surface area contributed by atoms with Gasteiger partial charge in [0.2, 0.25) is 0 Å². The molecule has 2 rings (SSSR count). The number of fused-ring (bicyclic) bond motifs is 1. The molecule has 0 bridgehead atoms. The quantitative estimate of drug-likeness (QED) is 0.733. The highest BCUT2D eigenvalue weighted by atomic mass is 16.5. The molecule has 92 valence electrons. The molecule has 0 aromatic carbocycles. The van der Waals surface area contributed by atoms with Gasteiger partial charge in [0.25, 0.3) is 0 Å². The molecule has 0 saturated carbocycles. The van der Waals surface area contributed by atoms with Gasteiger partial charge in [0.15, 0.2) is 5.78 Å². The standard InChI is InChI=1S/C12H16N2O3/c1-8(2)7-17-12(16)9-5-10-11(15)3-4-14(10)13-6-9/h5-6,8,13H,3-4,7H2,1-2H3. The van der Waals surface area contributed by atoms with Gasteiger partial charge in [0.05, 0.1) is 12.2 Å². The number of nitrogens with zero attached hydrogens (tertiary/aromatic N) is 1. The summed E-state index contributed by atoms with van der Waals surface area (Å²) in [7, 11) is 0. The van der Waals surface area contributed by atoms with Crippen molar-refractivity contribution in [3.8, 4) is 0 Å². The zero-order valence-corrected chi connectivity index (χ0v) is 10.0. The molecule has 1 fully saturated rings. The Labute approximate surface area is 100 Å². The minimum Gasteiger partial charge on any atom is -0.462 e. The normalized spacial score (nSPS) is 18.5. The number of rotatable bonds is 3. The third-order valence-corrected chi connectivity index (χ3v) is 2.59. The van der Waals surface area contributed by atoms with Crippen LogP contribution in [0.5, 0.6) is 0 Å². The van der Waals surface area contributed by atoms with Crippen LogP contribution in [-0.4, -0.2) is 29.9 Å². The fourth-order valence-electron chi connectivity index (χ4n) is 1.68. The number of hydrazine groups is 1. The van der Waals surface area contributed by atoms with Gasteiger partial charge in [-0.25, -0.2) is 4.79 Å². The van der Waals surface area contributed by atoms with Crippen LogP contribution in [-0.2, 0) is 14.3 Å². The lowest BCUT2D eigenvalue weighted by Gasteiger charge is -2.23. The molecule has 17 heavy (non-hydrogen) atoms. The van der Waals surface area contributed by atoms with Gasteiger partial charge in [-0.05, 0) is 12.0 Å². The van der Waals surface area contributed by atoms with Crippen LogP contribution in [0.2, 0.25) is 0 Å². The molecule has 0 aromatic rings. The van der Waals surface area contributed by atoms with Crippen molar-refractivity contribution in [1.29, 1.82) is 0 Å². The molecule has 0 atom stereocenters. The fraction of sp³-hybridized carbons (Fsp3) is 0.500. The minimum atomic E-state index is -0.391. The number of carbonyl (C=O) groups is 2. The van der Waals surface area contributed by atoms with E-state index < -0.39 is 5.97 Å². The Morgan fingerprint density at radius 2 is 2.35 bits per heavy atom. The lowest BCUT2D eigenvalue weighted by atomic mass is 10.2. The second-order valence-corrected chi connectivity index (χ2v) is 4.58. The Kier molecular flexibility index (Phi) is 3.17. The van der Waals surface area contributed by atoms with Crippen molar-refractivity contribution in [2.24, 2.45) is 5.92 Å². The number of Topliss-reactive ketones (excluding diaryl/α,β-unsaturated/α-hetero) is 1. The molecule has 1 N–H and O–H groups in total. The molecule has 2 aliphatic heterocycles. The van der Waals surface area contributed by atoms with Crippen molar-refractivity contribution < 1.29 is 14.3 Å². The number of ether oxygens (including phenoxy) is 1. The third-order valence-electron chi connectivity index (χ3n) is 2.59. The van der Waals surface area contributed by atoms with Gasteiger partial charge in [-0.2, -0.15) is 0 Å². The van der Waals surface area contributed by atoms with E-state index in [-0.39, 0.29) is 5.78 Å². The van der Waals surface area contributed by atoms with Crippen LogP contribution >= 0.6 is 0 Å². The van der Waals surface area contributed by atoms with Crippen LogP contribution in [0.15, 0.2) is 23.5 Å². The van der Waals surface area contributed by atoms with Gasteiger partial charge >= 0.3 is 5.97 Å². The number of ketones is 1. The molecule has 0 amide bonds. The first-order valence-corrected chi connectivity index (χ1v) is 5.74. The van der Waals surface area contributed by atoms with Gasteiger partial charge in [0, 0.05) is 19.2 Å². The van der Waals surface area contributed by atoms with Crippen molar-refractivity contribution in [3.63, 3.8) is 0 Å². The zero-order chi connectivity index (χ0) is 12.4. The topological polar surface area (TPSA) is 58.6 Å². The fourth-order valence-corrected chi connectivity index (χ4v) is 1.68. The smallest absolute Gasteiger partial charge is 0.339 e. The van der Waals surface area contributed by atoms with Crippen molar-refractivity contribution in [2.75, 3.05) is 13.2 Å². The molecule has 2 heterocycles. The lowest BCUT2D eigenvalue weighted by Crippen LogP contribution is -2.34. The highest BCUT2D eigenvalue weighted by Crippen LogP contribution is 2.20.